The number of amides is 1. The Morgan fingerprint density at radius 2 is 2.03 bits per heavy atom. The highest BCUT2D eigenvalue weighted by Gasteiger charge is 2.22. The number of pyridine rings is 1. The number of aromatic amines is 1. The van der Waals surface area contributed by atoms with Crippen LogP contribution >= 0.6 is 11.6 Å². The Morgan fingerprint density at radius 1 is 1.26 bits per heavy atom. The maximum absolute atomic E-state index is 11.5. The van der Waals surface area contributed by atoms with Gasteiger partial charge in [-0.1, -0.05) is 18.5 Å². The highest BCUT2D eigenvalue weighted by molar-refractivity contribution is 6.34. The third-order valence-electron chi connectivity index (χ3n) is 6.36. The topological polar surface area (TPSA) is 95.2 Å². The summed E-state index contributed by atoms with van der Waals surface area (Å²) in [7, 11) is 1.59. The Morgan fingerprint density at radius 3 is 2.74 bits per heavy atom. The lowest BCUT2D eigenvalue weighted by atomic mass is 10.0. The van der Waals surface area contributed by atoms with Crippen LogP contribution in [-0.2, 0) is 4.79 Å². The van der Waals surface area contributed by atoms with Gasteiger partial charge in [0.25, 0.3) is 5.91 Å². The van der Waals surface area contributed by atoms with Crippen LogP contribution in [0.1, 0.15) is 37.3 Å². The van der Waals surface area contributed by atoms with Gasteiger partial charge in [-0.3, -0.25) is 4.79 Å². The second-order valence-corrected chi connectivity index (χ2v) is 9.33. The minimum Gasteiger partial charge on any atom is -0.483 e. The minimum absolute atomic E-state index is 0.0183. The normalized spacial score (nSPS) is 15.0. The van der Waals surface area contributed by atoms with Gasteiger partial charge in [-0.25, -0.2) is 9.97 Å². The van der Waals surface area contributed by atoms with Crippen molar-refractivity contribution in [1.29, 1.82) is 0 Å². The van der Waals surface area contributed by atoms with Crippen LogP contribution in [0.2, 0.25) is 5.02 Å². The highest BCUT2D eigenvalue weighted by Crippen LogP contribution is 2.34. The van der Waals surface area contributed by atoms with Crippen molar-refractivity contribution in [1.82, 2.24) is 25.2 Å². The summed E-state index contributed by atoms with van der Waals surface area (Å²) in [6, 6.07) is 4.31. The van der Waals surface area contributed by atoms with E-state index in [-0.39, 0.29) is 12.5 Å². The van der Waals surface area contributed by atoms with E-state index in [1.54, 1.807) is 13.2 Å². The third kappa shape index (κ3) is 5.28. The molecular formula is C25H33ClN6O2. The highest BCUT2D eigenvalue weighted by atomic mass is 35.5. The van der Waals surface area contributed by atoms with Gasteiger partial charge >= 0.3 is 0 Å². The average Bonchev–Trinajstić information content (AvgIpc) is 3.26. The number of hydrogen-bond acceptors (Lipinski definition) is 6. The Bertz CT molecular complexity index is 1170. The van der Waals surface area contributed by atoms with Crippen LogP contribution in [0.5, 0.6) is 5.75 Å². The van der Waals surface area contributed by atoms with Gasteiger partial charge in [0.05, 0.1) is 16.9 Å². The number of carbonyl (C=O) groups is 1. The van der Waals surface area contributed by atoms with Gasteiger partial charge in [0.15, 0.2) is 12.3 Å². The van der Waals surface area contributed by atoms with E-state index < -0.39 is 0 Å². The molecule has 1 aromatic carbocycles. The van der Waals surface area contributed by atoms with Gasteiger partial charge in [0, 0.05) is 31.7 Å². The van der Waals surface area contributed by atoms with Crippen molar-refractivity contribution in [2.24, 2.45) is 0 Å². The Balaban J connectivity index is 1.58. The fourth-order valence-electron chi connectivity index (χ4n) is 4.43. The van der Waals surface area contributed by atoms with Crippen LogP contribution in [-0.4, -0.2) is 65.1 Å². The van der Waals surface area contributed by atoms with Crippen LogP contribution in [0.3, 0.4) is 0 Å². The number of aromatic nitrogens is 3. The lowest BCUT2D eigenvalue weighted by Crippen LogP contribution is -2.39. The first kappa shape index (κ1) is 24.3. The van der Waals surface area contributed by atoms with Crippen LogP contribution in [0.25, 0.3) is 22.6 Å². The average molecular weight is 485 g/mol. The molecule has 0 radical (unpaired) electrons. The van der Waals surface area contributed by atoms with E-state index in [1.165, 1.54) is 6.42 Å². The van der Waals surface area contributed by atoms with Crippen molar-refractivity contribution in [3.8, 4) is 17.1 Å². The zero-order chi connectivity index (χ0) is 24.2. The molecule has 0 unspecified atom stereocenters. The summed E-state index contributed by atoms with van der Waals surface area (Å²) in [6.45, 7) is 9.50. The molecule has 0 bridgehead atoms. The lowest BCUT2D eigenvalue weighted by Gasteiger charge is -2.32. The Hall–Kier alpha value is -2.84. The van der Waals surface area contributed by atoms with Gasteiger partial charge in [0.2, 0.25) is 0 Å². The van der Waals surface area contributed by atoms with E-state index in [4.69, 9.17) is 21.3 Å². The number of benzene rings is 1. The lowest BCUT2D eigenvalue weighted by molar-refractivity contribution is -0.122. The summed E-state index contributed by atoms with van der Waals surface area (Å²) in [4.78, 5) is 26.8. The molecule has 0 spiro atoms. The van der Waals surface area contributed by atoms with E-state index in [9.17, 15) is 4.79 Å². The molecule has 34 heavy (non-hydrogen) atoms. The summed E-state index contributed by atoms with van der Waals surface area (Å²) < 4.78 is 5.68. The molecule has 2 aromatic heterocycles. The standard InChI is InChI=1S/C25H33ClN6O2/c1-5-8-32-9-6-17(7-10-32)29-22-19(26)13-28-25-23(22)30-24(31-25)18-11-16(3)20(12-15(18)2)34-14-21(33)27-4/h11-13,17H,5-10,14H2,1-4H3,(H,27,33)(H2,28,29,30,31). The molecule has 3 N–H and O–H groups in total. The third-order valence-corrected chi connectivity index (χ3v) is 6.64. The van der Waals surface area contributed by atoms with Gasteiger partial charge in [-0.15, -0.1) is 0 Å². The fourth-order valence-corrected chi connectivity index (χ4v) is 4.63. The molecule has 1 amide bonds. The number of carbonyl (C=O) groups excluding carboxylic acids is 1. The number of H-pyrrole nitrogens is 1. The molecule has 3 aromatic rings. The van der Waals surface area contributed by atoms with Gasteiger partial charge in [-0.05, 0) is 62.9 Å². The molecule has 1 fully saturated rings. The maximum atomic E-state index is 11.5. The van der Waals surface area contributed by atoms with Crippen LogP contribution < -0.4 is 15.4 Å². The molecule has 1 saturated heterocycles. The first-order valence-corrected chi connectivity index (χ1v) is 12.3. The molecular weight excluding hydrogens is 452 g/mol. The van der Waals surface area contributed by atoms with Crippen molar-refractivity contribution in [3.63, 3.8) is 0 Å². The summed E-state index contributed by atoms with van der Waals surface area (Å²) in [5.74, 6) is 1.24. The largest absolute Gasteiger partial charge is 0.483 e. The van der Waals surface area contributed by atoms with Gasteiger partial charge in [-0.2, -0.15) is 0 Å². The number of likely N-dealkylation sites (N-methyl/N-ethyl adjacent to an activating group) is 1. The number of anilines is 1. The molecule has 3 heterocycles. The summed E-state index contributed by atoms with van der Waals surface area (Å²) >= 11 is 6.57. The Labute approximate surface area is 205 Å². The number of piperidine rings is 1. The molecule has 4 rings (SSSR count). The molecule has 1 aliphatic heterocycles. The van der Waals surface area contributed by atoms with E-state index in [0.29, 0.717) is 22.5 Å². The number of likely N-dealkylation sites (tertiary alicyclic amines) is 1. The molecule has 1 aliphatic rings. The number of hydrogen-bond donors (Lipinski definition) is 3. The first-order chi connectivity index (χ1) is 16.4. The predicted octanol–water partition coefficient (Wildman–Crippen LogP) is 4.31. The number of ether oxygens (including phenoxy) is 1. The molecule has 0 aliphatic carbocycles. The van der Waals surface area contributed by atoms with E-state index in [1.807, 2.05) is 26.0 Å². The minimum atomic E-state index is -0.169. The molecule has 182 valence electrons. The molecule has 0 saturated carbocycles. The van der Waals surface area contributed by atoms with Gasteiger partial charge in [0.1, 0.15) is 17.1 Å². The number of rotatable bonds is 8. The predicted molar refractivity (Wildman–Crippen MR) is 137 cm³/mol. The quantitative estimate of drug-likeness (QED) is 0.441. The van der Waals surface area contributed by atoms with E-state index in [2.05, 4.69) is 32.4 Å². The van der Waals surface area contributed by atoms with Gasteiger partial charge < -0.3 is 25.3 Å². The molecule has 8 nitrogen and oxygen atoms in total. The number of nitrogens with one attached hydrogen (secondary N) is 3. The van der Waals surface area contributed by atoms with Crippen LogP contribution in [0.4, 0.5) is 5.69 Å². The maximum Gasteiger partial charge on any atom is 0.257 e. The summed E-state index contributed by atoms with van der Waals surface area (Å²) in [5, 5.41) is 6.79. The monoisotopic (exact) mass is 484 g/mol. The summed E-state index contributed by atoms with van der Waals surface area (Å²) in [6.07, 6.45) is 5.01. The van der Waals surface area contributed by atoms with Crippen LogP contribution in [0.15, 0.2) is 18.3 Å². The van der Waals surface area contributed by atoms with E-state index in [0.717, 1.165) is 66.2 Å². The number of imidazole rings is 1. The number of aryl methyl sites for hydroxylation is 2. The molecule has 9 heteroatoms. The van der Waals surface area contributed by atoms with Crippen molar-refractivity contribution in [3.05, 3.63) is 34.5 Å². The second kappa shape index (κ2) is 10.6. The van der Waals surface area contributed by atoms with Crippen molar-refractivity contribution in [2.75, 3.05) is 38.6 Å². The summed E-state index contributed by atoms with van der Waals surface area (Å²) in [5.41, 5.74) is 5.15. The zero-order valence-corrected chi connectivity index (χ0v) is 21.1. The molecule has 0 atom stereocenters. The zero-order valence-electron chi connectivity index (χ0n) is 20.3. The van der Waals surface area contributed by atoms with Crippen LogP contribution in [0, 0.1) is 13.8 Å². The second-order valence-electron chi connectivity index (χ2n) is 8.92. The fraction of sp³-hybridized carbons (Fsp3) is 0.480. The number of halogens is 1. The Kier molecular flexibility index (Phi) is 7.58. The van der Waals surface area contributed by atoms with Crippen molar-refractivity contribution in [2.45, 2.75) is 46.1 Å². The number of nitrogens with zero attached hydrogens (tertiary/aromatic N) is 3. The SMILES string of the molecule is CCCN1CCC(Nc2c(Cl)cnc3[nH]c(-c4cc(C)c(OCC(=O)NC)cc4C)nc23)CC1. The smallest absolute Gasteiger partial charge is 0.257 e. The van der Waals surface area contributed by atoms with Crippen molar-refractivity contribution < 1.29 is 9.53 Å². The first-order valence-electron chi connectivity index (χ1n) is 11.9. The number of fused-ring (bicyclic) bond motifs is 1. The van der Waals surface area contributed by atoms with Crippen molar-refractivity contribution >= 4 is 34.4 Å². The van der Waals surface area contributed by atoms with E-state index >= 15 is 0 Å².